The monoisotopic (exact) mass is 351 g/mol. The summed E-state index contributed by atoms with van der Waals surface area (Å²) in [6, 6.07) is 11.3. The number of nitrogens with zero attached hydrogens (tertiary/aromatic N) is 2. The van der Waals surface area contributed by atoms with Gasteiger partial charge in [0.2, 0.25) is 0 Å². The lowest BCUT2D eigenvalue weighted by atomic mass is 10.0. The van der Waals surface area contributed by atoms with Crippen LogP contribution in [-0.2, 0) is 6.54 Å². The molecule has 5 heteroatoms. The van der Waals surface area contributed by atoms with Gasteiger partial charge in [-0.15, -0.1) is 6.42 Å². The number of nitrogens with one attached hydrogen (secondary N) is 1. The van der Waals surface area contributed by atoms with Gasteiger partial charge in [0.05, 0.1) is 6.54 Å². The molecule has 3 rings (SSSR count). The average Bonchev–Trinajstić information content (AvgIpc) is 3.06. The maximum absolute atomic E-state index is 13.0. The van der Waals surface area contributed by atoms with Gasteiger partial charge in [0.15, 0.2) is 0 Å². The minimum absolute atomic E-state index is 0.109. The number of likely N-dealkylation sites (tertiary alicyclic amines) is 1. The summed E-state index contributed by atoms with van der Waals surface area (Å²) in [5.41, 5.74) is 1.53. The van der Waals surface area contributed by atoms with Gasteiger partial charge >= 0.3 is 6.03 Å². The van der Waals surface area contributed by atoms with Crippen molar-refractivity contribution in [2.24, 2.45) is 0 Å². The first-order chi connectivity index (χ1) is 12.5. The highest BCUT2D eigenvalue weighted by Gasteiger charge is 2.28. The van der Waals surface area contributed by atoms with Crippen molar-refractivity contribution in [3.05, 3.63) is 53.5 Å². The number of hydrogen-bond acceptors (Lipinski definition) is 3. The molecule has 2 heterocycles. The van der Waals surface area contributed by atoms with E-state index < -0.39 is 0 Å². The van der Waals surface area contributed by atoms with Gasteiger partial charge in [0.25, 0.3) is 0 Å². The van der Waals surface area contributed by atoms with Crippen LogP contribution in [0.4, 0.5) is 10.5 Å². The van der Waals surface area contributed by atoms with Crippen molar-refractivity contribution in [3.8, 4) is 12.3 Å². The van der Waals surface area contributed by atoms with E-state index >= 15 is 0 Å². The number of terminal acetylenes is 1. The molecule has 5 nitrogen and oxygen atoms in total. The summed E-state index contributed by atoms with van der Waals surface area (Å²) in [6.45, 7) is 4.36. The number of carbonyl (C=O) groups excluding carboxylic acids is 1. The van der Waals surface area contributed by atoms with Gasteiger partial charge in [-0.25, -0.2) is 4.79 Å². The second-order valence-corrected chi connectivity index (χ2v) is 6.83. The Morgan fingerprint density at radius 1 is 1.27 bits per heavy atom. The smallest absolute Gasteiger partial charge is 0.322 e. The SMILES string of the molecule is C#Cc1ccc(NC(=O)N(Cc2ccc(C)o2)C2CCN(C)CC2)cc1. The van der Waals surface area contributed by atoms with Crippen LogP contribution in [-0.4, -0.2) is 42.0 Å². The third-order valence-corrected chi connectivity index (χ3v) is 4.81. The first-order valence-electron chi connectivity index (χ1n) is 8.93. The largest absolute Gasteiger partial charge is 0.464 e. The van der Waals surface area contributed by atoms with Crippen LogP contribution in [0.15, 0.2) is 40.8 Å². The molecule has 2 aromatic rings. The summed E-state index contributed by atoms with van der Waals surface area (Å²) in [4.78, 5) is 17.2. The first kappa shape index (κ1) is 18.1. The van der Waals surface area contributed by atoms with E-state index in [0.717, 1.165) is 48.7 Å². The minimum Gasteiger partial charge on any atom is -0.464 e. The number of piperidine rings is 1. The molecule has 0 saturated carbocycles. The predicted molar refractivity (Wildman–Crippen MR) is 103 cm³/mol. The number of rotatable bonds is 4. The zero-order valence-electron chi connectivity index (χ0n) is 15.4. The molecule has 136 valence electrons. The van der Waals surface area contributed by atoms with Gasteiger partial charge in [-0.3, -0.25) is 0 Å². The molecule has 26 heavy (non-hydrogen) atoms. The highest BCUT2D eigenvalue weighted by Crippen LogP contribution is 2.21. The number of carbonyl (C=O) groups is 1. The fraction of sp³-hybridized carbons (Fsp3) is 0.381. The summed E-state index contributed by atoms with van der Waals surface area (Å²) >= 11 is 0. The molecule has 0 bridgehead atoms. The molecule has 1 N–H and O–H groups in total. The number of anilines is 1. The Balaban J connectivity index is 1.74. The third-order valence-electron chi connectivity index (χ3n) is 4.81. The van der Waals surface area contributed by atoms with Gasteiger partial charge < -0.3 is 19.5 Å². The molecule has 1 fully saturated rings. The van der Waals surface area contributed by atoms with E-state index in [0.29, 0.717) is 6.54 Å². The molecular weight excluding hydrogens is 326 g/mol. The van der Waals surface area contributed by atoms with Crippen LogP contribution in [0.2, 0.25) is 0 Å². The number of hydrogen-bond donors (Lipinski definition) is 1. The molecular formula is C21H25N3O2. The zero-order chi connectivity index (χ0) is 18.5. The molecule has 1 saturated heterocycles. The topological polar surface area (TPSA) is 48.7 Å². The molecule has 0 aliphatic carbocycles. The van der Waals surface area contributed by atoms with Gasteiger partial charge in [0.1, 0.15) is 11.5 Å². The van der Waals surface area contributed by atoms with E-state index in [1.54, 1.807) is 0 Å². The summed E-state index contributed by atoms with van der Waals surface area (Å²) in [6.07, 6.45) is 7.30. The Morgan fingerprint density at radius 3 is 2.54 bits per heavy atom. The van der Waals surface area contributed by atoms with E-state index in [-0.39, 0.29) is 12.1 Å². The van der Waals surface area contributed by atoms with E-state index in [9.17, 15) is 4.79 Å². The number of urea groups is 1. The molecule has 0 unspecified atom stereocenters. The number of furan rings is 1. The van der Waals surface area contributed by atoms with E-state index in [2.05, 4.69) is 23.2 Å². The normalized spacial score (nSPS) is 15.4. The van der Waals surface area contributed by atoms with Gasteiger partial charge in [-0.2, -0.15) is 0 Å². The highest BCUT2D eigenvalue weighted by molar-refractivity contribution is 5.89. The standard InChI is InChI=1S/C21H25N3O2/c1-4-17-6-8-18(9-7-17)22-21(25)24(15-20-10-5-16(2)26-20)19-11-13-23(3)14-12-19/h1,5-10,19H,11-15H2,2-3H3,(H,22,25). The van der Waals surface area contributed by atoms with Crippen LogP contribution >= 0.6 is 0 Å². The van der Waals surface area contributed by atoms with Gasteiger partial charge in [-0.05, 0) is 76.3 Å². The lowest BCUT2D eigenvalue weighted by Gasteiger charge is -2.37. The lowest BCUT2D eigenvalue weighted by Crippen LogP contribution is -2.47. The minimum atomic E-state index is -0.109. The Labute approximate surface area is 155 Å². The molecule has 0 radical (unpaired) electrons. The Hall–Kier alpha value is -2.71. The van der Waals surface area contributed by atoms with E-state index in [4.69, 9.17) is 10.8 Å². The molecule has 1 aromatic carbocycles. The van der Waals surface area contributed by atoms with Crippen LogP contribution in [0.25, 0.3) is 0 Å². The van der Waals surface area contributed by atoms with Crippen LogP contribution in [0.1, 0.15) is 29.9 Å². The van der Waals surface area contributed by atoms with Gasteiger partial charge in [-0.1, -0.05) is 5.92 Å². The number of benzene rings is 1. The quantitative estimate of drug-likeness (QED) is 0.855. The maximum Gasteiger partial charge on any atom is 0.322 e. The van der Waals surface area contributed by atoms with E-state index in [1.807, 2.05) is 48.2 Å². The van der Waals surface area contributed by atoms with Crippen molar-refractivity contribution in [2.45, 2.75) is 32.4 Å². The zero-order valence-corrected chi connectivity index (χ0v) is 15.4. The van der Waals surface area contributed by atoms with Gasteiger partial charge in [0, 0.05) is 17.3 Å². The second kappa shape index (κ2) is 8.11. The Morgan fingerprint density at radius 2 is 1.96 bits per heavy atom. The Bertz CT molecular complexity index is 780. The van der Waals surface area contributed by atoms with Crippen molar-refractivity contribution in [1.82, 2.24) is 9.80 Å². The van der Waals surface area contributed by atoms with Crippen molar-refractivity contribution in [3.63, 3.8) is 0 Å². The summed E-state index contributed by atoms with van der Waals surface area (Å²) in [5, 5.41) is 2.99. The summed E-state index contributed by atoms with van der Waals surface area (Å²) in [5.74, 6) is 4.24. The van der Waals surface area contributed by atoms with Crippen molar-refractivity contribution < 1.29 is 9.21 Å². The molecule has 2 amide bonds. The molecule has 1 aromatic heterocycles. The van der Waals surface area contributed by atoms with Crippen LogP contribution in [0, 0.1) is 19.3 Å². The fourth-order valence-corrected chi connectivity index (χ4v) is 3.26. The summed E-state index contributed by atoms with van der Waals surface area (Å²) < 4.78 is 5.70. The van der Waals surface area contributed by atoms with Crippen LogP contribution in [0.3, 0.4) is 0 Å². The summed E-state index contributed by atoms with van der Waals surface area (Å²) in [7, 11) is 2.11. The van der Waals surface area contributed by atoms with Crippen molar-refractivity contribution in [1.29, 1.82) is 0 Å². The second-order valence-electron chi connectivity index (χ2n) is 6.83. The number of amides is 2. The fourth-order valence-electron chi connectivity index (χ4n) is 3.26. The lowest BCUT2D eigenvalue weighted by molar-refractivity contribution is 0.130. The first-order valence-corrected chi connectivity index (χ1v) is 8.93. The van der Waals surface area contributed by atoms with Crippen LogP contribution < -0.4 is 5.32 Å². The highest BCUT2D eigenvalue weighted by atomic mass is 16.3. The third kappa shape index (κ3) is 4.47. The maximum atomic E-state index is 13.0. The molecule has 0 spiro atoms. The molecule has 1 aliphatic heterocycles. The van der Waals surface area contributed by atoms with E-state index in [1.165, 1.54) is 0 Å². The predicted octanol–water partition coefficient (Wildman–Crippen LogP) is 3.70. The Kier molecular flexibility index (Phi) is 5.65. The molecule has 0 atom stereocenters. The van der Waals surface area contributed by atoms with Crippen molar-refractivity contribution in [2.75, 3.05) is 25.5 Å². The van der Waals surface area contributed by atoms with Crippen LogP contribution in [0.5, 0.6) is 0 Å². The number of aryl methyl sites for hydroxylation is 1. The average molecular weight is 351 g/mol. The molecule has 1 aliphatic rings. The van der Waals surface area contributed by atoms with Crippen molar-refractivity contribution >= 4 is 11.7 Å².